The lowest BCUT2D eigenvalue weighted by molar-refractivity contribution is -0.385. The van der Waals surface area contributed by atoms with Gasteiger partial charge in [-0.1, -0.05) is 43.7 Å². The second-order valence-electron chi connectivity index (χ2n) is 7.61. The average Bonchev–Trinajstić information content (AvgIpc) is 3.30. The number of nitro benzene ring substituents is 1. The first-order valence-electron chi connectivity index (χ1n) is 10.4. The highest BCUT2D eigenvalue weighted by atomic mass is 32.2. The largest absolute Gasteiger partial charge is 0.345 e. The molecular formula is C22H24N4O4S2. The quantitative estimate of drug-likeness (QED) is 0.378. The van der Waals surface area contributed by atoms with Crippen molar-refractivity contribution in [2.24, 2.45) is 0 Å². The minimum Gasteiger partial charge on any atom is -0.345 e. The monoisotopic (exact) mass is 472 g/mol. The highest BCUT2D eigenvalue weighted by Crippen LogP contribution is 2.29. The Balaban J connectivity index is 1.43. The number of nitrogens with zero attached hydrogens (tertiary/aromatic N) is 4. The summed E-state index contributed by atoms with van der Waals surface area (Å²) in [5.41, 5.74) is 3.06. The molecule has 3 aromatic rings. The van der Waals surface area contributed by atoms with Crippen LogP contribution in [0.5, 0.6) is 0 Å². The van der Waals surface area contributed by atoms with Crippen molar-refractivity contribution in [3.8, 4) is 11.3 Å². The van der Waals surface area contributed by atoms with E-state index in [1.54, 1.807) is 11.3 Å². The van der Waals surface area contributed by atoms with Crippen LogP contribution in [0.2, 0.25) is 0 Å². The summed E-state index contributed by atoms with van der Waals surface area (Å²) in [4.78, 5) is 17.2. The number of piperazine rings is 1. The summed E-state index contributed by atoms with van der Waals surface area (Å²) >= 11 is 1.55. The van der Waals surface area contributed by atoms with Gasteiger partial charge in [0.05, 0.1) is 15.5 Å². The van der Waals surface area contributed by atoms with E-state index in [2.05, 4.69) is 36.1 Å². The molecule has 2 aromatic carbocycles. The Labute approximate surface area is 191 Å². The third-order valence-corrected chi connectivity index (χ3v) is 8.25. The van der Waals surface area contributed by atoms with Crippen molar-refractivity contribution in [3.63, 3.8) is 0 Å². The fraction of sp³-hybridized carbons (Fsp3) is 0.318. The van der Waals surface area contributed by atoms with Gasteiger partial charge < -0.3 is 4.90 Å². The lowest BCUT2D eigenvalue weighted by Crippen LogP contribution is -2.48. The second kappa shape index (κ2) is 9.35. The number of aromatic nitrogens is 1. The molecule has 1 saturated heterocycles. The maximum absolute atomic E-state index is 12.9. The highest BCUT2D eigenvalue weighted by Gasteiger charge is 2.30. The van der Waals surface area contributed by atoms with Gasteiger partial charge in [0.2, 0.25) is 10.0 Å². The molecule has 168 valence electrons. The minimum absolute atomic E-state index is 0.0526. The zero-order valence-electron chi connectivity index (χ0n) is 17.7. The fourth-order valence-electron chi connectivity index (χ4n) is 3.70. The van der Waals surface area contributed by atoms with Crippen molar-refractivity contribution in [2.75, 3.05) is 31.1 Å². The number of thiazole rings is 1. The van der Waals surface area contributed by atoms with E-state index in [1.807, 2.05) is 5.38 Å². The van der Waals surface area contributed by atoms with Crippen molar-refractivity contribution in [2.45, 2.75) is 24.7 Å². The predicted molar refractivity (Wildman–Crippen MR) is 126 cm³/mol. The molecule has 0 unspecified atom stereocenters. The summed E-state index contributed by atoms with van der Waals surface area (Å²) < 4.78 is 27.3. The van der Waals surface area contributed by atoms with E-state index in [4.69, 9.17) is 4.98 Å². The predicted octanol–water partition coefficient (Wildman–Crippen LogP) is 4.18. The van der Waals surface area contributed by atoms with E-state index >= 15 is 0 Å². The van der Waals surface area contributed by atoms with Gasteiger partial charge in [-0.2, -0.15) is 4.31 Å². The smallest absolute Gasteiger partial charge is 0.270 e. The van der Waals surface area contributed by atoms with Gasteiger partial charge in [0.15, 0.2) is 5.13 Å². The summed E-state index contributed by atoms with van der Waals surface area (Å²) in [6.45, 7) is 3.78. The second-order valence-corrected chi connectivity index (χ2v) is 10.4. The topological polar surface area (TPSA) is 96.7 Å². The maximum Gasteiger partial charge on any atom is 0.270 e. The molecule has 1 fully saturated rings. The van der Waals surface area contributed by atoms with Crippen LogP contribution in [0.3, 0.4) is 0 Å². The molecule has 1 aromatic heterocycles. The van der Waals surface area contributed by atoms with E-state index < -0.39 is 14.9 Å². The number of anilines is 1. The van der Waals surface area contributed by atoms with Crippen LogP contribution in [0.15, 0.2) is 58.8 Å². The van der Waals surface area contributed by atoms with Crippen LogP contribution in [-0.4, -0.2) is 48.8 Å². The Kier molecular flexibility index (Phi) is 6.54. The van der Waals surface area contributed by atoms with Gasteiger partial charge in [-0.05, 0) is 18.1 Å². The Morgan fingerprint density at radius 2 is 1.81 bits per heavy atom. The van der Waals surface area contributed by atoms with Gasteiger partial charge in [0.1, 0.15) is 0 Å². The summed E-state index contributed by atoms with van der Waals surface area (Å²) in [5.74, 6) is 0. The third-order valence-electron chi connectivity index (χ3n) is 5.46. The zero-order valence-corrected chi connectivity index (χ0v) is 19.3. The molecule has 0 saturated carbocycles. The number of benzene rings is 2. The number of nitro groups is 1. The van der Waals surface area contributed by atoms with Crippen molar-refractivity contribution < 1.29 is 13.3 Å². The molecule has 1 aliphatic heterocycles. The van der Waals surface area contributed by atoms with Gasteiger partial charge >= 0.3 is 0 Å². The van der Waals surface area contributed by atoms with E-state index in [0.29, 0.717) is 26.2 Å². The van der Waals surface area contributed by atoms with E-state index in [1.165, 1.54) is 28.1 Å². The van der Waals surface area contributed by atoms with Crippen LogP contribution in [-0.2, 0) is 16.4 Å². The molecule has 0 atom stereocenters. The SMILES string of the molecule is CCCc1ccc(-c2csc(N3CCN(S(=O)(=O)c4cccc([N+](=O)[O-])c4)CC3)n2)cc1. The number of non-ortho nitro benzene ring substituents is 1. The van der Waals surface area contributed by atoms with Gasteiger partial charge in [-0.3, -0.25) is 10.1 Å². The van der Waals surface area contributed by atoms with Gasteiger partial charge in [0, 0.05) is 49.3 Å². The minimum atomic E-state index is -3.79. The summed E-state index contributed by atoms with van der Waals surface area (Å²) in [5, 5.41) is 13.9. The number of rotatable bonds is 7. The van der Waals surface area contributed by atoms with Crippen molar-refractivity contribution in [1.82, 2.24) is 9.29 Å². The van der Waals surface area contributed by atoms with Crippen LogP contribution < -0.4 is 4.90 Å². The first kappa shape index (κ1) is 22.4. The molecule has 1 aliphatic rings. The molecule has 0 N–H and O–H groups in total. The fourth-order valence-corrected chi connectivity index (χ4v) is 6.05. The van der Waals surface area contributed by atoms with Gasteiger partial charge in [-0.25, -0.2) is 13.4 Å². The van der Waals surface area contributed by atoms with E-state index in [0.717, 1.165) is 35.3 Å². The first-order valence-corrected chi connectivity index (χ1v) is 12.7. The molecule has 0 spiro atoms. The molecule has 32 heavy (non-hydrogen) atoms. The Morgan fingerprint density at radius 1 is 1.09 bits per heavy atom. The summed E-state index contributed by atoms with van der Waals surface area (Å²) in [6, 6.07) is 13.6. The summed E-state index contributed by atoms with van der Waals surface area (Å²) in [6.07, 6.45) is 2.18. The Bertz CT molecular complexity index is 1200. The standard InChI is InChI=1S/C22H24N4O4S2/c1-2-4-17-7-9-18(10-8-17)21-16-31-22(23-21)24-11-13-25(14-12-24)32(29,30)20-6-3-5-19(15-20)26(27)28/h3,5-10,15-16H,2,4,11-14H2,1H3. The lowest BCUT2D eigenvalue weighted by atomic mass is 10.1. The van der Waals surface area contributed by atoms with E-state index in [-0.39, 0.29) is 10.6 Å². The lowest BCUT2D eigenvalue weighted by Gasteiger charge is -2.33. The Hall–Kier alpha value is -2.82. The van der Waals surface area contributed by atoms with E-state index in [9.17, 15) is 18.5 Å². The molecule has 0 radical (unpaired) electrons. The van der Waals surface area contributed by atoms with Crippen LogP contribution in [0.25, 0.3) is 11.3 Å². The van der Waals surface area contributed by atoms with Gasteiger partial charge in [-0.15, -0.1) is 11.3 Å². The third kappa shape index (κ3) is 4.67. The van der Waals surface area contributed by atoms with Crippen molar-refractivity contribution in [1.29, 1.82) is 0 Å². The van der Waals surface area contributed by atoms with Crippen LogP contribution in [0.1, 0.15) is 18.9 Å². The molecule has 4 rings (SSSR count). The normalized spacial score (nSPS) is 15.1. The first-order chi connectivity index (χ1) is 15.4. The van der Waals surface area contributed by atoms with Crippen molar-refractivity contribution in [3.05, 3.63) is 69.6 Å². The number of hydrogen-bond acceptors (Lipinski definition) is 7. The molecule has 0 aliphatic carbocycles. The van der Waals surface area contributed by atoms with Crippen LogP contribution in [0.4, 0.5) is 10.8 Å². The van der Waals surface area contributed by atoms with Crippen LogP contribution in [0, 0.1) is 10.1 Å². The van der Waals surface area contributed by atoms with Crippen LogP contribution >= 0.6 is 11.3 Å². The van der Waals surface area contributed by atoms with Gasteiger partial charge in [0.25, 0.3) is 5.69 Å². The molecule has 0 bridgehead atoms. The molecule has 8 nitrogen and oxygen atoms in total. The molecule has 0 amide bonds. The summed E-state index contributed by atoms with van der Waals surface area (Å²) in [7, 11) is -3.79. The number of aryl methyl sites for hydroxylation is 1. The molecule has 10 heteroatoms. The zero-order chi connectivity index (χ0) is 22.7. The molecular weight excluding hydrogens is 448 g/mol. The number of hydrogen-bond donors (Lipinski definition) is 0. The molecule has 2 heterocycles. The Morgan fingerprint density at radius 3 is 2.47 bits per heavy atom. The average molecular weight is 473 g/mol. The highest BCUT2D eigenvalue weighted by molar-refractivity contribution is 7.89. The van der Waals surface area contributed by atoms with Crippen molar-refractivity contribution >= 4 is 32.2 Å². The maximum atomic E-state index is 12.9. The number of sulfonamides is 1.